The highest BCUT2D eigenvalue weighted by Crippen LogP contribution is 2.30. The second kappa shape index (κ2) is 7.36. The van der Waals surface area contributed by atoms with Gasteiger partial charge in [0.25, 0.3) is 0 Å². The minimum atomic E-state index is -0.925. The molecule has 1 heterocycles. The van der Waals surface area contributed by atoms with Crippen LogP contribution in [0.5, 0.6) is 0 Å². The molecule has 0 spiro atoms. The first-order chi connectivity index (χ1) is 10.7. The Hall–Kier alpha value is -2.69. The molecule has 0 saturated carbocycles. The summed E-state index contributed by atoms with van der Waals surface area (Å²) in [6.07, 6.45) is 1.57. The molecule has 0 aliphatic rings. The van der Waals surface area contributed by atoms with Gasteiger partial charge in [-0.15, -0.1) is 0 Å². The number of hydrogen-bond acceptors (Lipinski definition) is 4. The molecule has 0 fully saturated rings. The lowest BCUT2D eigenvalue weighted by atomic mass is 9.83. The third-order valence-corrected chi connectivity index (χ3v) is 3.55. The molecule has 2 rings (SSSR count). The summed E-state index contributed by atoms with van der Waals surface area (Å²) in [4.78, 5) is 16.3. The van der Waals surface area contributed by atoms with E-state index in [0.717, 1.165) is 0 Å². The highest BCUT2D eigenvalue weighted by molar-refractivity contribution is 6.30. The van der Waals surface area contributed by atoms with Crippen molar-refractivity contribution in [3.63, 3.8) is 0 Å². The lowest BCUT2D eigenvalue weighted by molar-refractivity contribution is 0.0966. The van der Waals surface area contributed by atoms with E-state index in [1.165, 1.54) is 6.20 Å². The molecule has 0 amide bonds. The van der Waals surface area contributed by atoms with E-state index in [0.29, 0.717) is 16.3 Å². The monoisotopic (exact) mass is 309 g/mol. The Balaban J connectivity index is 2.32. The number of hydrogen-bond donors (Lipinski definition) is 0. The van der Waals surface area contributed by atoms with E-state index in [1.54, 1.807) is 42.5 Å². The van der Waals surface area contributed by atoms with Crippen molar-refractivity contribution in [2.24, 2.45) is 5.92 Å². The number of carbonyl (C=O) groups excluding carboxylic acids is 1. The first kappa shape index (κ1) is 15.7. The number of rotatable bonds is 5. The molecule has 0 radical (unpaired) electrons. The number of halogens is 1. The molecule has 1 aromatic heterocycles. The molecule has 0 unspecified atom stereocenters. The van der Waals surface area contributed by atoms with E-state index in [4.69, 9.17) is 11.6 Å². The lowest BCUT2D eigenvalue weighted by Gasteiger charge is -2.17. The molecule has 0 aliphatic heterocycles. The maximum Gasteiger partial charge on any atom is 0.181 e. The van der Waals surface area contributed by atoms with Crippen LogP contribution in [0, 0.1) is 28.6 Å². The van der Waals surface area contributed by atoms with E-state index >= 15 is 0 Å². The number of nitrogens with zero attached hydrogens (tertiary/aromatic N) is 3. The summed E-state index contributed by atoms with van der Waals surface area (Å²) in [5.74, 6) is -1.67. The van der Waals surface area contributed by atoms with Crippen molar-refractivity contribution < 1.29 is 4.79 Å². The normalized spacial score (nSPS) is 11.5. The van der Waals surface area contributed by atoms with Gasteiger partial charge in [0.2, 0.25) is 0 Å². The maximum atomic E-state index is 12.3. The zero-order chi connectivity index (χ0) is 15.9. The van der Waals surface area contributed by atoms with Crippen LogP contribution in [0.2, 0.25) is 5.02 Å². The van der Waals surface area contributed by atoms with E-state index in [1.807, 2.05) is 12.1 Å². The molecule has 4 nitrogen and oxygen atoms in total. The Morgan fingerprint density at radius 2 is 1.95 bits per heavy atom. The van der Waals surface area contributed by atoms with Gasteiger partial charge < -0.3 is 0 Å². The summed E-state index contributed by atoms with van der Waals surface area (Å²) in [7, 11) is 0. The molecule has 1 atom stereocenters. The smallest absolute Gasteiger partial charge is 0.181 e. The van der Waals surface area contributed by atoms with Crippen LogP contribution in [-0.2, 0) is 0 Å². The molecular formula is C17H12ClN3O. The lowest BCUT2D eigenvalue weighted by Crippen LogP contribution is -2.15. The number of nitriles is 2. The van der Waals surface area contributed by atoms with Crippen molar-refractivity contribution in [2.45, 2.75) is 12.3 Å². The predicted octanol–water partition coefficient (Wildman–Crippen LogP) is 3.75. The summed E-state index contributed by atoms with van der Waals surface area (Å²) < 4.78 is 0. The van der Waals surface area contributed by atoms with Crippen molar-refractivity contribution >= 4 is 17.4 Å². The fourth-order valence-corrected chi connectivity index (χ4v) is 2.40. The highest BCUT2D eigenvalue weighted by atomic mass is 35.5. The molecule has 0 saturated heterocycles. The maximum absolute atomic E-state index is 12.3. The first-order valence-corrected chi connectivity index (χ1v) is 7.02. The third-order valence-electron chi connectivity index (χ3n) is 3.31. The summed E-state index contributed by atoms with van der Waals surface area (Å²) in [5.41, 5.74) is 1.02. The van der Waals surface area contributed by atoms with Gasteiger partial charge in [-0.3, -0.25) is 9.78 Å². The molecule has 0 aliphatic carbocycles. The highest BCUT2D eigenvalue weighted by Gasteiger charge is 2.26. The first-order valence-electron chi connectivity index (χ1n) is 6.64. The van der Waals surface area contributed by atoms with Crippen LogP contribution in [0.1, 0.15) is 28.4 Å². The molecular weight excluding hydrogens is 298 g/mol. The van der Waals surface area contributed by atoms with Gasteiger partial charge in [0.05, 0.1) is 12.1 Å². The van der Waals surface area contributed by atoms with Crippen LogP contribution < -0.4 is 0 Å². The van der Waals surface area contributed by atoms with E-state index in [-0.39, 0.29) is 12.2 Å². The van der Waals surface area contributed by atoms with Crippen LogP contribution in [-0.4, -0.2) is 10.8 Å². The van der Waals surface area contributed by atoms with Gasteiger partial charge in [-0.25, -0.2) is 0 Å². The number of ketones is 1. The van der Waals surface area contributed by atoms with Gasteiger partial charge in [-0.2, -0.15) is 10.5 Å². The van der Waals surface area contributed by atoms with Crippen LogP contribution in [0.3, 0.4) is 0 Å². The van der Waals surface area contributed by atoms with Crippen LogP contribution in [0.25, 0.3) is 0 Å². The standard InChI is InChI=1S/C17H12ClN3O/c18-14-5-3-4-12(8-14)15(13(10-19)11-20)9-17(22)16-6-1-2-7-21-16/h1-8,13,15H,9H2/t15-/m1/s1. The van der Waals surface area contributed by atoms with Gasteiger partial charge in [0, 0.05) is 23.6 Å². The molecule has 0 bridgehead atoms. The van der Waals surface area contributed by atoms with Gasteiger partial charge in [0.1, 0.15) is 11.6 Å². The summed E-state index contributed by atoms with van der Waals surface area (Å²) >= 11 is 5.97. The number of Topliss-reactive ketones (excluding diaryl/α,β-unsaturated/α-hetero) is 1. The fraction of sp³-hybridized carbons (Fsp3) is 0.176. The largest absolute Gasteiger partial charge is 0.292 e. The Kier molecular flexibility index (Phi) is 5.25. The Morgan fingerprint density at radius 3 is 2.55 bits per heavy atom. The predicted molar refractivity (Wildman–Crippen MR) is 82.1 cm³/mol. The second-order valence-corrected chi connectivity index (χ2v) is 5.18. The van der Waals surface area contributed by atoms with Crippen LogP contribution >= 0.6 is 11.6 Å². The van der Waals surface area contributed by atoms with Gasteiger partial charge in [0.15, 0.2) is 5.78 Å². The van der Waals surface area contributed by atoms with Crippen molar-refractivity contribution in [3.05, 3.63) is 64.9 Å². The summed E-state index contributed by atoms with van der Waals surface area (Å²) in [6, 6.07) is 15.9. The van der Waals surface area contributed by atoms with Crippen molar-refractivity contribution in [1.82, 2.24) is 4.98 Å². The van der Waals surface area contributed by atoms with Crippen LogP contribution in [0.4, 0.5) is 0 Å². The Labute approximate surface area is 133 Å². The van der Waals surface area contributed by atoms with Crippen LogP contribution in [0.15, 0.2) is 48.7 Å². The van der Waals surface area contributed by atoms with E-state index in [9.17, 15) is 15.3 Å². The number of pyridine rings is 1. The zero-order valence-electron chi connectivity index (χ0n) is 11.6. The van der Waals surface area contributed by atoms with Crippen molar-refractivity contribution in [1.29, 1.82) is 10.5 Å². The molecule has 22 heavy (non-hydrogen) atoms. The SMILES string of the molecule is N#CC(C#N)[C@H](CC(=O)c1ccccn1)c1cccc(Cl)c1. The second-order valence-electron chi connectivity index (χ2n) is 4.74. The zero-order valence-corrected chi connectivity index (χ0v) is 12.4. The molecule has 2 aromatic rings. The van der Waals surface area contributed by atoms with Crippen molar-refractivity contribution in [3.8, 4) is 12.1 Å². The topological polar surface area (TPSA) is 77.5 Å². The van der Waals surface area contributed by atoms with E-state index < -0.39 is 11.8 Å². The average Bonchev–Trinajstić information content (AvgIpc) is 2.55. The van der Waals surface area contributed by atoms with Gasteiger partial charge in [-0.1, -0.05) is 29.8 Å². The molecule has 0 N–H and O–H groups in total. The molecule has 5 heteroatoms. The number of benzene rings is 1. The summed E-state index contributed by atoms with van der Waals surface area (Å²) in [5, 5.41) is 18.9. The van der Waals surface area contributed by atoms with Crippen molar-refractivity contribution in [2.75, 3.05) is 0 Å². The Bertz CT molecular complexity index is 732. The van der Waals surface area contributed by atoms with E-state index in [2.05, 4.69) is 4.98 Å². The third kappa shape index (κ3) is 3.69. The quantitative estimate of drug-likeness (QED) is 0.788. The number of aromatic nitrogens is 1. The Morgan fingerprint density at radius 1 is 1.18 bits per heavy atom. The van der Waals surface area contributed by atoms with Gasteiger partial charge in [-0.05, 0) is 29.8 Å². The number of carbonyl (C=O) groups is 1. The minimum absolute atomic E-state index is 0.0309. The fourth-order valence-electron chi connectivity index (χ4n) is 2.21. The average molecular weight is 310 g/mol. The van der Waals surface area contributed by atoms with Gasteiger partial charge >= 0.3 is 0 Å². The molecule has 1 aromatic carbocycles. The minimum Gasteiger partial charge on any atom is -0.292 e. The molecule has 108 valence electrons. The summed E-state index contributed by atoms with van der Waals surface area (Å²) in [6.45, 7) is 0.